The second-order valence-electron chi connectivity index (χ2n) is 2.83. The molecule has 0 unspecified atom stereocenters. The summed E-state index contributed by atoms with van der Waals surface area (Å²) in [7, 11) is 0. The molecule has 80 valence electrons. The molecular weight excluding hydrogens is 207 g/mol. The van der Waals surface area contributed by atoms with Crippen molar-refractivity contribution in [3.63, 3.8) is 0 Å². The van der Waals surface area contributed by atoms with Crippen LogP contribution in [-0.4, -0.2) is 12.0 Å². The van der Waals surface area contributed by atoms with Gasteiger partial charge in [-0.3, -0.25) is 4.79 Å². The minimum atomic E-state index is -4.88. The Morgan fingerprint density at radius 2 is 1.73 bits per heavy atom. The van der Waals surface area contributed by atoms with Gasteiger partial charge in [0.2, 0.25) is 0 Å². The fourth-order valence-corrected chi connectivity index (χ4v) is 0.937. The largest absolute Gasteiger partial charge is 0.454 e. The van der Waals surface area contributed by atoms with Gasteiger partial charge in [0.15, 0.2) is 0 Å². The van der Waals surface area contributed by atoms with Gasteiger partial charge in [0.25, 0.3) is 5.78 Å². The zero-order valence-corrected chi connectivity index (χ0v) is 7.58. The third-order valence-electron chi connectivity index (χ3n) is 1.67. The number of halogens is 3. The number of alkyl halides is 3. The number of allylic oxidation sites excluding steroid dienone is 1. The van der Waals surface area contributed by atoms with E-state index in [-0.39, 0.29) is 5.70 Å². The zero-order valence-electron chi connectivity index (χ0n) is 7.58. The van der Waals surface area contributed by atoms with Gasteiger partial charge >= 0.3 is 6.18 Å². The Hall–Kier alpha value is -1.78. The van der Waals surface area contributed by atoms with Crippen LogP contribution >= 0.6 is 0 Å². The van der Waals surface area contributed by atoms with E-state index in [1.54, 1.807) is 18.2 Å². The Morgan fingerprint density at radius 1 is 1.20 bits per heavy atom. The summed E-state index contributed by atoms with van der Waals surface area (Å²) in [5.41, 5.74) is 5.52. The number of hydrogen-bond donors (Lipinski definition) is 1. The van der Waals surface area contributed by atoms with Gasteiger partial charge in [-0.1, -0.05) is 30.3 Å². The van der Waals surface area contributed by atoms with Gasteiger partial charge in [0, 0.05) is 11.8 Å². The second-order valence-corrected chi connectivity index (χ2v) is 2.83. The molecule has 0 saturated heterocycles. The average Bonchev–Trinajstić information content (AvgIpc) is 2.17. The average molecular weight is 215 g/mol. The molecule has 0 aliphatic heterocycles. The van der Waals surface area contributed by atoms with E-state index < -0.39 is 12.0 Å². The van der Waals surface area contributed by atoms with Crippen LogP contribution in [0.3, 0.4) is 0 Å². The number of hydrogen-bond acceptors (Lipinski definition) is 2. The second kappa shape index (κ2) is 4.16. The van der Waals surface area contributed by atoms with E-state index in [2.05, 4.69) is 0 Å². The molecule has 1 rings (SSSR count). The summed E-state index contributed by atoms with van der Waals surface area (Å²) in [6, 6.07) is 7.98. The van der Waals surface area contributed by atoms with Crippen molar-refractivity contribution in [1.29, 1.82) is 0 Å². The molecule has 1 aromatic carbocycles. The van der Waals surface area contributed by atoms with E-state index in [0.717, 1.165) is 0 Å². The Balaban J connectivity index is 2.91. The van der Waals surface area contributed by atoms with Crippen LogP contribution in [-0.2, 0) is 4.79 Å². The van der Waals surface area contributed by atoms with Crippen molar-refractivity contribution in [3.05, 3.63) is 42.0 Å². The van der Waals surface area contributed by atoms with Crippen molar-refractivity contribution >= 4 is 11.5 Å². The SMILES string of the molecule is N/C(=C/C(=O)C(F)(F)F)c1ccccc1. The van der Waals surface area contributed by atoms with Crippen molar-refractivity contribution in [2.75, 3.05) is 0 Å². The summed E-state index contributed by atoms with van der Waals surface area (Å²) in [5, 5.41) is 0. The number of carbonyl (C=O) groups is 1. The summed E-state index contributed by atoms with van der Waals surface area (Å²) in [6.07, 6.45) is -4.49. The third-order valence-corrected chi connectivity index (χ3v) is 1.67. The molecule has 0 heterocycles. The van der Waals surface area contributed by atoms with Gasteiger partial charge in [-0.25, -0.2) is 0 Å². The highest BCUT2D eigenvalue weighted by Crippen LogP contribution is 2.18. The van der Waals surface area contributed by atoms with E-state index in [1.807, 2.05) is 0 Å². The van der Waals surface area contributed by atoms with Crippen molar-refractivity contribution in [1.82, 2.24) is 0 Å². The van der Waals surface area contributed by atoms with Crippen LogP contribution in [0.1, 0.15) is 5.56 Å². The molecule has 0 aliphatic rings. The Labute approximate surface area is 84.2 Å². The van der Waals surface area contributed by atoms with Crippen molar-refractivity contribution in [3.8, 4) is 0 Å². The maximum atomic E-state index is 11.9. The van der Waals surface area contributed by atoms with Crippen LogP contribution in [0.4, 0.5) is 13.2 Å². The highest BCUT2D eigenvalue weighted by Gasteiger charge is 2.36. The molecule has 0 aliphatic carbocycles. The van der Waals surface area contributed by atoms with Crippen LogP contribution in [0.25, 0.3) is 5.70 Å². The molecule has 0 spiro atoms. The number of ketones is 1. The first kappa shape index (κ1) is 11.3. The maximum Gasteiger partial charge on any atom is 0.454 e. The standard InChI is InChI=1S/C10H8F3NO/c11-10(12,13)9(15)6-8(14)7-4-2-1-3-5-7/h1-6H,14H2/b8-6+. The fraction of sp³-hybridized carbons (Fsp3) is 0.100. The van der Waals surface area contributed by atoms with Crippen LogP contribution in [0.15, 0.2) is 36.4 Å². The van der Waals surface area contributed by atoms with E-state index in [0.29, 0.717) is 11.6 Å². The van der Waals surface area contributed by atoms with Gasteiger partial charge in [-0.15, -0.1) is 0 Å². The van der Waals surface area contributed by atoms with E-state index in [1.165, 1.54) is 12.1 Å². The van der Waals surface area contributed by atoms with Crippen molar-refractivity contribution in [2.45, 2.75) is 6.18 Å². The number of carbonyl (C=O) groups excluding carboxylic acids is 1. The summed E-state index contributed by atoms with van der Waals surface area (Å²) in [4.78, 5) is 10.6. The lowest BCUT2D eigenvalue weighted by Crippen LogP contribution is -2.21. The molecular formula is C10H8F3NO. The van der Waals surface area contributed by atoms with Crippen LogP contribution < -0.4 is 5.73 Å². The summed E-state index contributed by atoms with van der Waals surface area (Å²) >= 11 is 0. The molecule has 0 aromatic heterocycles. The lowest BCUT2D eigenvalue weighted by atomic mass is 10.1. The van der Waals surface area contributed by atoms with Gasteiger partial charge in [0.1, 0.15) is 0 Å². The Bertz CT molecular complexity index is 381. The predicted octanol–water partition coefficient (Wildman–Crippen LogP) is 2.12. The molecule has 1 aromatic rings. The Morgan fingerprint density at radius 3 is 2.20 bits per heavy atom. The Kier molecular flexibility index (Phi) is 3.14. The number of nitrogens with two attached hydrogens (primary N) is 1. The summed E-state index contributed by atoms with van der Waals surface area (Å²) in [6.45, 7) is 0. The van der Waals surface area contributed by atoms with Gasteiger partial charge in [-0.2, -0.15) is 13.2 Å². The number of rotatable bonds is 2. The fourth-order valence-electron chi connectivity index (χ4n) is 0.937. The monoisotopic (exact) mass is 215 g/mol. The minimum absolute atomic E-state index is 0.196. The van der Waals surface area contributed by atoms with E-state index in [9.17, 15) is 18.0 Å². The highest BCUT2D eigenvalue weighted by atomic mass is 19.4. The molecule has 0 fully saturated rings. The highest BCUT2D eigenvalue weighted by molar-refractivity contribution is 5.99. The first-order valence-corrected chi connectivity index (χ1v) is 4.05. The van der Waals surface area contributed by atoms with Crippen LogP contribution in [0.5, 0.6) is 0 Å². The molecule has 0 radical (unpaired) electrons. The lowest BCUT2D eigenvalue weighted by Gasteiger charge is -2.03. The third kappa shape index (κ3) is 3.12. The minimum Gasteiger partial charge on any atom is -0.398 e. The topological polar surface area (TPSA) is 43.1 Å². The predicted molar refractivity (Wildman–Crippen MR) is 49.7 cm³/mol. The maximum absolute atomic E-state index is 11.9. The first-order chi connectivity index (χ1) is 6.91. The first-order valence-electron chi connectivity index (χ1n) is 4.05. The van der Waals surface area contributed by atoms with Gasteiger partial charge < -0.3 is 5.73 Å². The summed E-state index contributed by atoms with van der Waals surface area (Å²) in [5.74, 6) is -1.95. The van der Waals surface area contributed by atoms with Gasteiger partial charge in [-0.05, 0) is 5.56 Å². The molecule has 0 bridgehead atoms. The molecule has 15 heavy (non-hydrogen) atoms. The van der Waals surface area contributed by atoms with Crippen LogP contribution in [0, 0.1) is 0 Å². The lowest BCUT2D eigenvalue weighted by molar-refractivity contribution is -0.165. The quantitative estimate of drug-likeness (QED) is 0.768. The molecule has 0 atom stereocenters. The van der Waals surface area contributed by atoms with Crippen LogP contribution in [0.2, 0.25) is 0 Å². The molecule has 2 N–H and O–H groups in total. The normalized spacial score (nSPS) is 12.6. The van der Waals surface area contributed by atoms with E-state index >= 15 is 0 Å². The molecule has 5 heteroatoms. The summed E-state index contributed by atoms with van der Waals surface area (Å²) < 4.78 is 35.6. The van der Waals surface area contributed by atoms with E-state index in [4.69, 9.17) is 5.73 Å². The molecule has 0 saturated carbocycles. The molecule has 2 nitrogen and oxygen atoms in total. The smallest absolute Gasteiger partial charge is 0.398 e. The van der Waals surface area contributed by atoms with Crippen molar-refractivity contribution in [2.24, 2.45) is 5.73 Å². The zero-order chi connectivity index (χ0) is 11.5. The van der Waals surface area contributed by atoms with Gasteiger partial charge in [0.05, 0.1) is 0 Å². The number of benzene rings is 1. The van der Waals surface area contributed by atoms with Crippen molar-refractivity contribution < 1.29 is 18.0 Å². The molecule has 0 amide bonds.